The molecule has 4 rings (SSSR count). The number of carbonyl (C=O) groups is 2. The quantitative estimate of drug-likeness (QED) is 0.571. The predicted octanol–water partition coefficient (Wildman–Crippen LogP) is 3.87. The second-order valence-electron chi connectivity index (χ2n) is 7.79. The Bertz CT molecular complexity index is 1070. The molecule has 0 saturated heterocycles. The molecule has 1 aliphatic rings. The number of aryl methyl sites for hydroxylation is 2. The first-order valence-corrected chi connectivity index (χ1v) is 10.7. The number of fused-ring (bicyclic) bond motifs is 1. The topological polar surface area (TPSA) is 64.4 Å². The fourth-order valence-corrected chi connectivity index (χ4v) is 3.95. The minimum atomic E-state index is -0.441. The molecule has 0 N–H and O–H groups in total. The van der Waals surface area contributed by atoms with E-state index < -0.39 is 5.97 Å². The van der Waals surface area contributed by atoms with E-state index in [4.69, 9.17) is 4.74 Å². The fraction of sp³-hybridized carbons (Fsp3) is 0.320. The Morgan fingerprint density at radius 3 is 2.52 bits per heavy atom. The summed E-state index contributed by atoms with van der Waals surface area (Å²) in [7, 11) is 0. The highest BCUT2D eigenvalue weighted by Crippen LogP contribution is 2.27. The molecule has 0 radical (unpaired) electrons. The summed E-state index contributed by atoms with van der Waals surface area (Å²) in [4.78, 5) is 27.3. The minimum Gasteiger partial charge on any atom is -0.461 e. The van der Waals surface area contributed by atoms with Gasteiger partial charge in [0.15, 0.2) is 5.69 Å². The van der Waals surface area contributed by atoms with E-state index in [0.29, 0.717) is 38.0 Å². The molecule has 6 nitrogen and oxygen atoms in total. The number of esters is 1. The van der Waals surface area contributed by atoms with Gasteiger partial charge in [-0.15, -0.1) is 0 Å². The van der Waals surface area contributed by atoms with Gasteiger partial charge in [0, 0.05) is 31.5 Å². The van der Waals surface area contributed by atoms with Crippen LogP contribution in [0.25, 0.3) is 5.69 Å². The molecule has 1 amide bonds. The van der Waals surface area contributed by atoms with Crippen LogP contribution in [-0.2, 0) is 28.9 Å². The molecule has 0 bridgehead atoms. The van der Waals surface area contributed by atoms with Crippen molar-refractivity contribution in [2.75, 3.05) is 13.2 Å². The van der Waals surface area contributed by atoms with Crippen LogP contribution in [0.2, 0.25) is 0 Å². The molecule has 0 fully saturated rings. The van der Waals surface area contributed by atoms with Crippen molar-refractivity contribution >= 4 is 11.9 Å². The van der Waals surface area contributed by atoms with Gasteiger partial charge in [-0.3, -0.25) is 4.79 Å². The normalized spacial score (nSPS) is 13.0. The summed E-state index contributed by atoms with van der Waals surface area (Å²) >= 11 is 0. The molecule has 31 heavy (non-hydrogen) atoms. The Balaban J connectivity index is 1.58. The van der Waals surface area contributed by atoms with Crippen LogP contribution in [-0.4, -0.2) is 39.7 Å². The molecule has 160 valence electrons. The Morgan fingerprint density at radius 2 is 1.81 bits per heavy atom. The first-order chi connectivity index (χ1) is 15.1. The maximum atomic E-state index is 12.9. The summed E-state index contributed by atoms with van der Waals surface area (Å²) in [5, 5.41) is 4.60. The van der Waals surface area contributed by atoms with Crippen LogP contribution in [0.3, 0.4) is 0 Å². The standard InChI is InChI=1S/C25H27N3O3/c1-3-31-25(30)24-21-17-27(23(29)14-11-19-7-5-4-6-8-19)16-15-22(21)28(26-24)20-12-9-18(2)10-13-20/h4-10,12-13H,3,11,14-17H2,1-2H3. The lowest BCUT2D eigenvalue weighted by Gasteiger charge is -2.28. The third-order valence-electron chi connectivity index (χ3n) is 5.63. The molecule has 0 saturated carbocycles. The summed E-state index contributed by atoms with van der Waals surface area (Å²) in [6.07, 6.45) is 1.79. The van der Waals surface area contributed by atoms with Crippen LogP contribution in [0.5, 0.6) is 0 Å². The van der Waals surface area contributed by atoms with Gasteiger partial charge in [-0.05, 0) is 38.0 Å². The highest BCUT2D eigenvalue weighted by Gasteiger charge is 2.31. The van der Waals surface area contributed by atoms with Crippen LogP contribution in [0, 0.1) is 6.92 Å². The first-order valence-electron chi connectivity index (χ1n) is 10.7. The van der Waals surface area contributed by atoms with Crippen molar-refractivity contribution in [1.29, 1.82) is 0 Å². The molecule has 1 aliphatic heterocycles. The zero-order chi connectivity index (χ0) is 21.8. The molecule has 0 aliphatic carbocycles. The maximum Gasteiger partial charge on any atom is 0.359 e. The summed E-state index contributed by atoms with van der Waals surface area (Å²) in [6, 6.07) is 18.0. The molecule has 1 aromatic heterocycles. The largest absolute Gasteiger partial charge is 0.461 e. The molecule has 6 heteroatoms. The smallest absolute Gasteiger partial charge is 0.359 e. The number of hydrogen-bond acceptors (Lipinski definition) is 4. The Morgan fingerprint density at radius 1 is 1.06 bits per heavy atom. The van der Waals surface area contributed by atoms with E-state index in [2.05, 4.69) is 5.10 Å². The lowest BCUT2D eigenvalue weighted by molar-refractivity contribution is -0.132. The number of benzene rings is 2. The van der Waals surface area contributed by atoms with E-state index in [1.807, 2.05) is 71.1 Å². The van der Waals surface area contributed by atoms with Crippen molar-refractivity contribution < 1.29 is 14.3 Å². The van der Waals surface area contributed by atoms with Gasteiger partial charge in [-0.25, -0.2) is 9.48 Å². The van der Waals surface area contributed by atoms with Gasteiger partial charge in [0.05, 0.1) is 18.0 Å². The Hall–Kier alpha value is -3.41. The van der Waals surface area contributed by atoms with Crippen LogP contribution >= 0.6 is 0 Å². The second-order valence-corrected chi connectivity index (χ2v) is 7.79. The summed E-state index contributed by atoms with van der Waals surface area (Å²) in [6.45, 7) is 5.08. The van der Waals surface area contributed by atoms with Gasteiger partial charge in [0.25, 0.3) is 0 Å². The fourth-order valence-electron chi connectivity index (χ4n) is 3.95. The van der Waals surface area contributed by atoms with Crippen LogP contribution in [0.4, 0.5) is 0 Å². The van der Waals surface area contributed by atoms with Crippen molar-refractivity contribution in [1.82, 2.24) is 14.7 Å². The van der Waals surface area contributed by atoms with Crippen LogP contribution in [0.15, 0.2) is 54.6 Å². The van der Waals surface area contributed by atoms with Gasteiger partial charge >= 0.3 is 5.97 Å². The SMILES string of the molecule is CCOC(=O)c1nn(-c2ccc(C)cc2)c2c1CN(C(=O)CCc1ccccc1)CC2. The summed E-state index contributed by atoms with van der Waals surface area (Å²) < 4.78 is 7.07. The van der Waals surface area contributed by atoms with Crippen molar-refractivity contribution in [3.05, 3.63) is 82.7 Å². The molecule has 0 atom stereocenters. The van der Waals surface area contributed by atoms with Crippen molar-refractivity contribution in [3.8, 4) is 5.69 Å². The predicted molar refractivity (Wildman–Crippen MR) is 118 cm³/mol. The molecule has 0 unspecified atom stereocenters. The van der Waals surface area contributed by atoms with Crippen molar-refractivity contribution in [2.24, 2.45) is 0 Å². The third-order valence-corrected chi connectivity index (χ3v) is 5.63. The average molecular weight is 418 g/mol. The molecule has 0 spiro atoms. The zero-order valence-electron chi connectivity index (χ0n) is 18.0. The molecule has 3 aromatic rings. The van der Waals surface area contributed by atoms with E-state index in [-0.39, 0.29) is 12.5 Å². The van der Waals surface area contributed by atoms with Gasteiger partial charge in [-0.1, -0.05) is 48.0 Å². The van der Waals surface area contributed by atoms with Crippen LogP contribution in [0.1, 0.15) is 46.2 Å². The lowest BCUT2D eigenvalue weighted by Crippen LogP contribution is -2.36. The van der Waals surface area contributed by atoms with Crippen molar-refractivity contribution in [2.45, 2.75) is 39.7 Å². The highest BCUT2D eigenvalue weighted by molar-refractivity contribution is 5.90. The highest BCUT2D eigenvalue weighted by atomic mass is 16.5. The molecular formula is C25H27N3O3. The number of ether oxygens (including phenoxy) is 1. The van der Waals surface area contributed by atoms with Crippen LogP contribution < -0.4 is 0 Å². The lowest BCUT2D eigenvalue weighted by atomic mass is 10.0. The molecular weight excluding hydrogens is 390 g/mol. The molecule has 2 heterocycles. The molecule has 2 aromatic carbocycles. The Labute approximate surface area is 182 Å². The van der Waals surface area contributed by atoms with Gasteiger partial charge in [0.2, 0.25) is 5.91 Å². The third kappa shape index (κ3) is 4.53. The van der Waals surface area contributed by atoms with E-state index in [1.165, 1.54) is 0 Å². The number of carbonyl (C=O) groups excluding carboxylic acids is 2. The van der Waals surface area contributed by atoms with Crippen molar-refractivity contribution in [3.63, 3.8) is 0 Å². The minimum absolute atomic E-state index is 0.0902. The number of amides is 1. The zero-order valence-corrected chi connectivity index (χ0v) is 18.0. The van der Waals surface area contributed by atoms with Gasteiger partial charge < -0.3 is 9.64 Å². The second kappa shape index (κ2) is 9.16. The van der Waals surface area contributed by atoms with Gasteiger partial charge in [-0.2, -0.15) is 5.10 Å². The summed E-state index contributed by atoms with van der Waals surface area (Å²) in [5.74, 6) is -0.351. The van der Waals surface area contributed by atoms with E-state index in [1.54, 1.807) is 6.92 Å². The van der Waals surface area contributed by atoms with E-state index in [0.717, 1.165) is 28.1 Å². The number of aromatic nitrogens is 2. The monoisotopic (exact) mass is 417 g/mol. The summed E-state index contributed by atoms with van der Waals surface area (Å²) in [5.41, 5.74) is 5.27. The van der Waals surface area contributed by atoms with E-state index >= 15 is 0 Å². The first kappa shape index (κ1) is 20.8. The van der Waals surface area contributed by atoms with Gasteiger partial charge in [0.1, 0.15) is 0 Å². The average Bonchev–Trinajstić information content (AvgIpc) is 3.18. The number of rotatable bonds is 6. The van der Waals surface area contributed by atoms with E-state index in [9.17, 15) is 9.59 Å². The Kier molecular flexibility index (Phi) is 6.16. The maximum absolute atomic E-state index is 12.9. The number of nitrogens with zero attached hydrogens (tertiary/aromatic N) is 3. The number of hydrogen-bond donors (Lipinski definition) is 0.